The van der Waals surface area contributed by atoms with Crippen molar-refractivity contribution < 1.29 is 13.2 Å². The first-order valence-corrected chi connectivity index (χ1v) is 9.11. The van der Waals surface area contributed by atoms with E-state index in [4.69, 9.17) is 0 Å². The molecule has 1 heterocycles. The van der Waals surface area contributed by atoms with Gasteiger partial charge >= 0.3 is 5.69 Å². The summed E-state index contributed by atoms with van der Waals surface area (Å²) in [6.45, 7) is -0.191. The van der Waals surface area contributed by atoms with Gasteiger partial charge in [0.25, 0.3) is 0 Å². The smallest absolute Gasteiger partial charge is 0.352 e. The molecule has 11 heteroatoms. The lowest BCUT2D eigenvalue weighted by Crippen LogP contribution is -2.34. The van der Waals surface area contributed by atoms with Gasteiger partial charge in [0.05, 0.1) is 11.9 Å². The maximum absolute atomic E-state index is 12.2. The number of amides is 1. The minimum Gasteiger partial charge on any atom is -0.352 e. The van der Waals surface area contributed by atoms with Crippen LogP contribution in [0.5, 0.6) is 0 Å². The van der Waals surface area contributed by atoms with Crippen LogP contribution < -0.4 is 15.7 Å². The molecule has 1 aromatic carbocycles. The summed E-state index contributed by atoms with van der Waals surface area (Å²) in [7, 11) is -3.37. The molecule has 2 aromatic rings. The standard InChI is InChI=1S/C13H16N6O4S/c1-24(22,23)15-10-4-6-11(7-5-10)19-13(21)18(16-17-19)8-12(20)14-9-2-3-9/h4-7,9,15H,2-3,8H2,1H3,(H,14,20). The van der Waals surface area contributed by atoms with Crippen LogP contribution in [-0.2, 0) is 21.4 Å². The van der Waals surface area contributed by atoms with Crippen LogP contribution in [-0.4, -0.2) is 46.4 Å². The maximum Gasteiger partial charge on any atom is 0.368 e. The Hall–Kier alpha value is -2.69. The average molecular weight is 352 g/mol. The highest BCUT2D eigenvalue weighted by atomic mass is 32.2. The Morgan fingerprint density at radius 3 is 2.50 bits per heavy atom. The highest BCUT2D eigenvalue weighted by Crippen LogP contribution is 2.18. The van der Waals surface area contributed by atoms with Crippen LogP contribution in [0.3, 0.4) is 0 Å². The van der Waals surface area contributed by atoms with Gasteiger partial charge in [0.2, 0.25) is 15.9 Å². The number of rotatable bonds is 6. The Bertz CT molecular complexity index is 911. The third-order valence-corrected chi connectivity index (χ3v) is 3.90. The Balaban J connectivity index is 1.75. The lowest BCUT2D eigenvalue weighted by Gasteiger charge is -2.04. The fourth-order valence-corrected chi connectivity index (χ4v) is 2.62. The van der Waals surface area contributed by atoms with Gasteiger partial charge in [0, 0.05) is 11.7 Å². The van der Waals surface area contributed by atoms with Crippen LogP contribution in [0.2, 0.25) is 0 Å². The zero-order valence-corrected chi connectivity index (χ0v) is 13.7. The first-order chi connectivity index (χ1) is 11.3. The summed E-state index contributed by atoms with van der Waals surface area (Å²) < 4.78 is 26.7. The van der Waals surface area contributed by atoms with Gasteiger partial charge in [0.15, 0.2) is 0 Å². The largest absolute Gasteiger partial charge is 0.368 e. The number of carbonyl (C=O) groups is 1. The molecular formula is C13H16N6O4S. The molecule has 0 saturated heterocycles. The second-order valence-corrected chi connectivity index (χ2v) is 7.34. The molecule has 128 valence electrons. The Morgan fingerprint density at radius 2 is 1.92 bits per heavy atom. The van der Waals surface area contributed by atoms with Crippen molar-refractivity contribution in [3.8, 4) is 5.69 Å². The van der Waals surface area contributed by atoms with E-state index < -0.39 is 15.7 Å². The molecule has 0 unspecified atom stereocenters. The summed E-state index contributed by atoms with van der Waals surface area (Å²) in [5.41, 5.74) is 0.225. The minimum absolute atomic E-state index is 0.191. The summed E-state index contributed by atoms with van der Waals surface area (Å²) in [4.78, 5) is 24.0. The van der Waals surface area contributed by atoms with E-state index in [0.29, 0.717) is 11.4 Å². The molecule has 0 atom stereocenters. The van der Waals surface area contributed by atoms with Crippen LogP contribution in [0.15, 0.2) is 29.1 Å². The second kappa shape index (κ2) is 6.07. The fourth-order valence-electron chi connectivity index (χ4n) is 2.06. The van der Waals surface area contributed by atoms with E-state index in [2.05, 4.69) is 20.5 Å². The molecule has 24 heavy (non-hydrogen) atoms. The molecule has 2 N–H and O–H groups in total. The minimum atomic E-state index is -3.37. The summed E-state index contributed by atoms with van der Waals surface area (Å²) in [5.74, 6) is -0.278. The van der Waals surface area contributed by atoms with Gasteiger partial charge in [-0.15, -0.1) is 0 Å². The number of sulfonamides is 1. The summed E-state index contributed by atoms with van der Waals surface area (Å²) in [6, 6.07) is 6.26. The van der Waals surface area contributed by atoms with Crippen molar-refractivity contribution in [3.05, 3.63) is 34.7 Å². The molecule has 1 aliphatic carbocycles. The van der Waals surface area contributed by atoms with Crippen LogP contribution in [0, 0.1) is 0 Å². The lowest BCUT2D eigenvalue weighted by molar-refractivity contribution is -0.122. The summed E-state index contributed by atoms with van der Waals surface area (Å²) in [5, 5.41) is 10.2. The summed E-state index contributed by atoms with van der Waals surface area (Å²) >= 11 is 0. The van der Waals surface area contributed by atoms with Crippen LogP contribution in [0.4, 0.5) is 5.69 Å². The van der Waals surface area contributed by atoms with E-state index in [-0.39, 0.29) is 18.5 Å². The number of carbonyl (C=O) groups excluding carboxylic acids is 1. The average Bonchev–Trinajstić information content (AvgIpc) is 3.23. The van der Waals surface area contributed by atoms with E-state index in [1.54, 1.807) is 0 Å². The van der Waals surface area contributed by atoms with E-state index in [0.717, 1.165) is 28.5 Å². The van der Waals surface area contributed by atoms with Crippen LogP contribution in [0.1, 0.15) is 12.8 Å². The summed E-state index contributed by atoms with van der Waals surface area (Å²) in [6.07, 6.45) is 2.96. The van der Waals surface area contributed by atoms with E-state index in [1.807, 2.05) is 0 Å². The molecule has 1 saturated carbocycles. The number of nitrogens with zero attached hydrogens (tertiary/aromatic N) is 4. The number of benzene rings is 1. The number of hydrogen-bond acceptors (Lipinski definition) is 6. The second-order valence-electron chi connectivity index (χ2n) is 5.59. The normalized spacial score (nSPS) is 14.4. The SMILES string of the molecule is CS(=O)(=O)Nc1ccc(-n2nnn(CC(=O)NC3CC3)c2=O)cc1. The first-order valence-electron chi connectivity index (χ1n) is 7.22. The van der Waals surface area contributed by atoms with Crippen molar-refractivity contribution in [1.29, 1.82) is 0 Å². The molecule has 1 aliphatic rings. The quantitative estimate of drug-likeness (QED) is 0.692. The van der Waals surface area contributed by atoms with Gasteiger partial charge < -0.3 is 5.32 Å². The molecule has 0 aliphatic heterocycles. The van der Waals surface area contributed by atoms with E-state index in [1.165, 1.54) is 24.3 Å². The first kappa shape index (κ1) is 16.2. The lowest BCUT2D eigenvalue weighted by atomic mass is 10.3. The highest BCUT2D eigenvalue weighted by Gasteiger charge is 2.24. The van der Waals surface area contributed by atoms with Gasteiger partial charge in [0.1, 0.15) is 6.54 Å². The predicted molar refractivity (Wildman–Crippen MR) is 85.3 cm³/mol. The zero-order valence-electron chi connectivity index (χ0n) is 12.8. The molecule has 1 aromatic heterocycles. The van der Waals surface area contributed by atoms with E-state index >= 15 is 0 Å². The van der Waals surface area contributed by atoms with E-state index in [9.17, 15) is 18.0 Å². The van der Waals surface area contributed by atoms with Crippen LogP contribution in [0.25, 0.3) is 5.69 Å². The molecule has 10 nitrogen and oxygen atoms in total. The van der Waals surface area contributed by atoms with Gasteiger partial charge in [-0.25, -0.2) is 13.2 Å². The highest BCUT2D eigenvalue weighted by molar-refractivity contribution is 7.92. The Morgan fingerprint density at radius 1 is 1.25 bits per heavy atom. The topological polar surface area (TPSA) is 128 Å². The number of tetrazole rings is 1. The van der Waals surface area contributed by atoms with Crippen molar-refractivity contribution in [1.82, 2.24) is 25.1 Å². The van der Waals surface area contributed by atoms with Crippen molar-refractivity contribution in [2.45, 2.75) is 25.4 Å². The third kappa shape index (κ3) is 3.98. The van der Waals surface area contributed by atoms with Gasteiger partial charge in [-0.1, -0.05) is 0 Å². The molecule has 0 spiro atoms. The molecule has 3 rings (SSSR count). The molecule has 0 radical (unpaired) electrons. The van der Waals surface area contributed by atoms with Crippen molar-refractivity contribution >= 4 is 21.6 Å². The molecule has 1 amide bonds. The number of nitrogens with one attached hydrogen (secondary N) is 2. The monoisotopic (exact) mass is 352 g/mol. The van der Waals surface area contributed by atoms with Gasteiger partial charge in [-0.05, 0) is 47.5 Å². The molecular weight excluding hydrogens is 336 g/mol. The number of aromatic nitrogens is 4. The zero-order chi connectivity index (χ0) is 17.3. The predicted octanol–water partition coefficient (Wildman–Crippen LogP) is -0.921. The van der Waals surface area contributed by atoms with Gasteiger partial charge in [-0.3, -0.25) is 9.52 Å². The molecule has 1 fully saturated rings. The van der Waals surface area contributed by atoms with Gasteiger partial charge in [-0.2, -0.15) is 9.36 Å². The van der Waals surface area contributed by atoms with Crippen molar-refractivity contribution in [2.24, 2.45) is 0 Å². The number of anilines is 1. The Labute approximate surface area is 137 Å². The van der Waals surface area contributed by atoms with Crippen LogP contribution >= 0.6 is 0 Å². The third-order valence-electron chi connectivity index (χ3n) is 3.29. The fraction of sp³-hybridized carbons (Fsp3) is 0.385. The number of hydrogen-bond donors (Lipinski definition) is 2. The maximum atomic E-state index is 12.2. The van der Waals surface area contributed by atoms with Crippen molar-refractivity contribution in [3.63, 3.8) is 0 Å². The molecule has 0 bridgehead atoms. The Kier molecular flexibility index (Phi) is 4.09. The van der Waals surface area contributed by atoms with Crippen molar-refractivity contribution in [2.75, 3.05) is 11.0 Å².